The molecular weight excluding hydrogens is 204 g/mol. The van der Waals surface area contributed by atoms with Gasteiger partial charge in [-0.25, -0.2) is 0 Å². The van der Waals surface area contributed by atoms with Gasteiger partial charge in [0.05, 0.1) is 6.04 Å². The molecule has 0 saturated carbocycles. The van der Waals surface area contributed by atoms with E-state index in [4.69, 9.17) is 5.73 Å². The van der Waals surface area contributed by atoms with Gasteiger partial charge in [-0.1, -0.05) is 5.16 Å². The van der Waals surface area contributed by atoms with E-state index >= 15 is 0 Å². The summed E-state index contributed by atoms with van der Waals surface area (Å²) in [5.41, 5.74) is 5.34. The van der Waals surface area contributed by atoms with E-state index in [9.17, 15) is 8.78 Å². The number of hydrogen-bond donors (Lipinski definition) is 1. The van der Waals surface area contributed by atoms with E-state index in [1.165, 1.54) is 0 Å². The van der Waals surface area contributed by atoms with Gasteiger partial charge in [0.25, 0.3) is 5.89 Å². The van der Waals surface area contributed by atoms with Crippen LogP contribution in [-0.2, 0) is 5.92 Å². The number of nitrogens with zero attached hydrogens (tertiary/aromatic N) is 2. The van der Waals surface area contributed by atoms with Crippen molar-refractivity contribution in [3.8, 4) is 0 Å². The fourth-order valence-electron chi connectivity index (χ4n) is 0.598. The molecular formula is C6H10ClF2N3O. The highest BCUT2D eigenvalue weighted by Crippen LogP contribution is 2.25. The van der Waals surface area contributed by atoms with Crippen LogP contribution in [0.1, 0.15) is 31.6 Å². The van der Waals surface area contributed by atoms with Crippen LogP contribution < -0.4 is 5.73 Å². The molecule has 0 saturated heterocycles. The summed E-state index contributed by atoms with van der Waals surface area (Å²) in [6.07, 6.45) is 0. The molecule has 1 heterocycles. The lowest BCUT2D eigenvalue weighted by atomic mass is 10.3. The number of halogens is 3. The van der Waals surface area contributed by atoms with E-state index in [2.05, 4.69) is 14.7 Å². The molecule has 0 fully saturated rings. The second-order valence-corrected chi connectivity index (χ2v) is 2.63. The Balaban J connectivity index is 0.00000144. The Morgan fingerprint density at radius 2 is 2.08 bits per heavy atom. The second-order valence-electron chi connectivity index (χ2n) is 2.63. The van der Waals surface area contributed by atoms with E-state index in [0.29, 0.717) is 6.92 Å². The van der Waals surface area contributed by atoms with Crippen molar-refractivity contribution in [2.24, 2.45) is 5.73 Å². The first kappa shape index (κ1) is 12.2. The monoisotopic (exact) mass is 213 g/mol. The number of alkyl halides is 2. The lowest BCUT2D eigenvalue weighted by Gasteiger charge is -2.01. The van der Waals surface area contributed by atoms with E-state index in [1.807, 2.05) is 0 Å². The summed E-state index contributed by atoms with van der Waals surface area (Å²) >= 11 is 0. The maximum Gasteiger partial charge on any atom is 0.322 e. The molecule has 1 atom stereocenters. The SMILES string of the molecule is CC(N)c1noc(C(C)(F)F)n1.Cl. The maximum atomic E-state index is 12.5. The van der Waals surface area contributed by atoms with Crippen molar-refractivity contribution < 1.29 is 13.3 Å². The predicted molar refractivity (Wildman–Crippen MR) is 43.7 cm³/mol. The van der Waals surface area contributed by atoms with Crippen LogP contribution in [0.2, 0.25) is 0 Å². The number of rotatable bonds is 2. The zero-order valence-corrected chi connectivity index (χ0v) is 7.94. The molecule has 1 aromatic heterocycles. The predicted octanol–water partition coefficient (Wildman–Crippen LogP) is 1.62. The van der Waals surface area contributed by atoms with Gasteiger partial charge in [-0.2, -0.15) is 13.8 Å². The van der Waals surface area contributed by atoms with Gasteiger partial charge in [0.1, 0.15) is 0 Å². The lowest BCUT2D eigenvalue weighted by Crippen LogP contribution is -2.10. The Hall–Kier alpha value is -0.750. The van der Waals surface area contributed by atoms with Crippen LogP contribution in [0.15, 0.2) is 4.52 Å². The van der Waals surface area contributed by atoms with Crippen molar-refractivity contribution >= 4 is 12.4 Å². The first-order chi connectivity index (χ1) is 5.41. The Morgan fingerprint density at radius 1 is 1.54 bits per heavy atom. The van der Waals surface area contributed by atoms with Crippen molar-refractivity contribution in [1.82, 2.24) is 10.1 Å². The molecule has 4 nitrogen and oxygen atoms in total. The molecule has 0 aromatic carbocycles. The summed E-state index contributed by atoms with van der Waals surface area (Å²) in [6.45, 7) is 2.27. The van der Waals surface area contributed by atoms with E-state index < -0.39 is 17.9 Å². The van der Waals surface area contributed by atoms with Crippen LogP contribution >= 0.6 is 12.4 Å². The fraction of sp³-hybridized carbons (Fsp3) is 0.667. The van der Waals surface area contributed by atoms with E-state index in [0.717, 1.165) is 0 Å². The van der Waals surface area contributed by atoms with Crippen LogP contribution in [0.25, 0.3) is 0 Å². The Morgan fingerprint density at radius 3 is 2.31 bits per heavy atom. The van der Waals surface area contributed by atoms with Crippen molar-refractivity contribution in [3.63, 3.8) is 0 Å². The summed E-state index contributed by atoms with van der Waals surface area (Å²) in [7, 11) is 0. The molecule has 0 spiro atoms. The molecule has 76 valence electrons. The van der Waals surface area contributed by atoms with Gasteiger partial charge < -0.3 is 10.3 Å². The van der Waals surface area contributed by atoms with Crippen LogP contribution in [0.5, 0.6) is 0 Å². The van der Waals surface area contributed by atoms with Gasteiger partial charge in [-0.15, -0.1) is 12.4 Å². The smallest absolute Gasteiger partial charge is 0.322 e. The zero-order valence-electron chi connectivity index (χ0n) is 7.12. The van der Waals surface area contributed by atoms with E-state index in [-0.39, 0.29) is 18.2 Å². The molecule has 2 N–H and O–H groups in total. The van der Waals surface area contributed by atoms with Crippen molar-refractivity contribution in [1.29, 1.82) is 0 Å². The molecule has 0 amide bonds. The summed E-state index contributed by atoms with van der Waals surface area (Å²) in [6, 6.07) is -0.496. The van der Waals surface area contributed by atoms with Crippen molar-refractivity contribution in [2.75, 3.05) is 0 Å². The minimum absolute atomic E-state index is 0. The first-order valence-electron chi connectivity index (χ1n) is 3.38. The molecule has 7 heteroatoms. The molecule has 1 rings (SSSR count). The molecule has 1 aromatic rings. The van der Waals surface area contributed by atoms with Crippen LogP contribution in [0, 0.1) is 0 Å². The van der Waals surface area contributed by atoms with Gasteiger partial charge in [-0.3, -0.25) is 0 Å². The van der Waals surface area contributed by atoms with Gasteiger partial charge in [0.2, 0.25) is 0 Å². The highest BCUT2D eigenvalue weighted by molar-refractivity contribution is 5.85. The zero-order chi connectivity index (χ0) is 9.35. The molecule has 0 aliphatic heterocycles. The molecule has 1 unspecified atom stereocenters. The molecule has 13 heavy (non-hydrogen) atoms. The van der Waals surface area contributed by atoms with Gasteiger partial charge >= 0.3 is 5.92 Å². The summed E-state index contributed by atoms with van der Waals surface area (Å²) in [5, 5.41) is 3.29. The van der Waals surface area contributed by atoms with Crippen LogP contribution in [-0.4, -0.2) is 10.1 Å². The standard InChI is InChI=1S/C6H9F2N3O.ClH/c1-3(9)4-10-5(12-11-4)6(2,7)8;/h3H,9H2,1-2H3;1H. The van der Waals surface area contributed by atoms with Crippen LogP contribution in [0.4, 0.5) is 8.78 Å². The van der Waals surface area contributed by atoms with Crippen molar-refractivity contribution in [2.45, 2.75) is 25.8 Å². The largest absolute Gasteiger partial charge is 0.333 e. The topological polar surface area (TPSA) is 64.9 Å². The number of hydrogen-bond acceptors (Lipinski definition) is 4. The second kappa shape index (κ2) is 3.97. The van der Waals surface area contributed by atoms with Gasteiger partial charge in [0.15, 0.2) is 5.82 Å². The lowest BCUT2D eigenvalue weighted by molar-refractivity contribution is -0.0158. The molecule has 0 aliphatic carbocycles. The average Bonchev–Trinajstić information content (AvgIpc) is 2.30. The molecule has 0 aliphatic rings. The Kier molecular flexibility index (Phi) is 3.74. The highest BCUT2D eigenvalue weighted by Gasteiger charge is 2.32. The van der Waals surface area contributed by atoms with Crippen molar-refractivity contribution in [3.05, 3.63) is 11.7 Å². The molecule has 0 bridgehead atoms. The average molecular weight is 214 g/mol. The fourth-order valence-corrected chi connectivity index (χ4v) is 0.598. The summed E-state index contributed by atoms with van der Waals surface area (Å²) < 4.78 is 29.3. The molecule has 0 radical (unpaired) electrons. The minimum atomic E-state index is -3.10. The normalized spacial score (nSPS) is 13.6. The Bertz CT molecular complexity index is 271. The summed E-state index contributed by atoms with van der Waals surface area (Å²) in [4.78, 5) is 3.43. The third kappa shape index (κ3) is 2.89. The van der Waals surface area contributed by atoms with E-state index in [1.54, 1.807) is 6.92 Å². The third-order valence-electron chi connectivity index (χ3n) is 1.22. The minimum Gasteiger partial charge on any atom is -0.333 e. The first-order valence-corrected chi connectivity index (χ1v) is 3.38. The van der Waals surface area contributed by atoms with Crippen LogP contribution in [0.3, 0.4) is 0 Å². The number of aromatic nitrogens is 2. The third-order valence-corrected chi connectivity index (χ3v) is 1.22. The van der Waals surface area contributed by atoms with Gasteiger partial charge in [-0.05, 0) is 6.92 Å². The Labute approximate surface area is 79.9 Å². The number of nitrogens with two attached hydrogens (primary N) is 1. The summed E-state index contributed by atoms with van der Waals surface area (Å²) in [5.74, 6) is -3.71. The maximum absolute atomic E-state index is 12.5. The highest BCUT2D eigenvalue weighted by atomic mass is 35.5. The quantitative estimate of drug-likeness (QED) is 0.811. The van der Waals surface area contributed by atoms with Gasteiger partial charge in [0, 0.05) is 6.92 Å².